The molecule has 0 atom stereocenters. The first-order chi connectivity index (χ1) is 11.3. The van der Waals surface area contributed by atoms with Crippen LogP contribution in [0, 0.1) is 0 Å². The van der Waals surface area contributed by atoms with Gasteiger partial charge in [-0.1, -0.05) is 29.3 Å². The number of rotatable bonds is 6. The molecular formula is C15H14Cl2N2O4S. The molecule has 0 spiro atoms. The molecule has 2 rings (SSSR count). The van der Waals surface area contributed by atoms with Crippen molar-refractivity contribution in [3.05, 3.63) is 52.5 Å². The molecule has 2 aromatic rings. The van der Waals surface area contributed by atoms with Crippen LogP contribution in [0.15, 0.2) is 47.4 Å². The molecule has 6 nitrogen and oxygen atoms in total. The van der Waals surface area contributed by atoms with Crippen molar-refractivity contribution >= 4 is 44.8 Å². The molecule has 0 fully saturated rings. The number of benzene rings is 2. The van der Waals surface area contributed by atoms with Gasteiger partial charge in [-0.15, -0.1) is 0 Å². The van der Waals surface area contributed by atoms with Crippen LogP contribution in [0.3, 0.4) is 0 Å². The van der Waals surface area contributed by atoms with E-state index in [1.165, 1.54) is 25.3 Å². The second-order valence-electron chi connectivity index (χ2n) is 4.68. The van der Waals surface area contributed by atoms with E-state index in [-0.39, 0.29) is 14.9 Å². The maximum absolute atomic E-state index is 12.1. The van der Waals surface area contributed by atoms with Gasteiger partial charge in [0, 0.05) is 11.8 Å². The number of carbonyl (C=O) groups excluding carboxylic acids is 1. The number of hydrogen-bond donors (Lipinski definition) is 2. The number of nitrogens with one attached hydrogen (secondary N) is 2. The largest absolute Gasteiger partial charge is 0.497 e. The highest BCUT2D eigenvalue weighted by Crippen LogP contribution is 2.24. The average Bonchev–Trinajstić information content (AvgIpc) is 2.55. The normalized spacial score (nSPS) is 11.1. The highest BCUT2D eigenvalue weighted by atomic mass is 35.5. The van der Waals surface area contributed by atoms with E-state index in [2.05, 4.69) is 10.0 Å². The molecule has 0 bridgehead atoms. The van der Waals surface area contributed by atoms with Gasteiger partial charge in [-0.25, -0.2) is 13.1 Å². The molecule has 24 heavy (non-hydrogen) atoms. The monoisotopic (exact) mass is 388 g/mol. The quantitative estimate of drug-likeness (QED) is 0.796. The molecule has 0 heterocycles. The molecule has 0 aliphatic rings. The maximum atomic E-state index is 12.1. The first-order valence-electron chi connectivity index (χ1n) is 6.70. The number of anilines is 1. The Morgan fingerprint density at radius 2 is 1.88 bits per heavy atom. The summed E-state index contributed by atoms with van der Waals surface area (Å²) >= 11 is 11.6. The van der Waals surface area contributed by atoms with Crippen molar-refractivity contribution in [3.63, 3.8) is 0 Å². The number of ether oxygens (including phenoxy) is 1. The highest BCUT2D eigenvalue weighted by molar-refractivity contribution is 7.89. The summed E-state index contributed by atoms with van der Waals surface area (Å²) in [5.41, 5.74) is 0.494. The second kappa shape index (κ2) is 7.85. The van der Waals surface area contributed by atoms with Gasteiger partial charge in [0.25, 0.3) is 0 Å². The number of amides is 1. The van der Waals surface area contributed by atoms with Gasteiger partial charge in [0.1, 0.15) is 5.75 Å². The SMILES string of the molecule is COc1cccc(NC(=O)CNS(=O)(=O)c2ccc(Cl)c(Cl)c2)c1. The molecule has 2 N–H and O–H groups in total. The minimum atomic E-state index is -3.88. The van der Waals surface area contributed by atoms with Gasteiger partial charge in [-0.3, -0.25) is 4.79 Å². The lowest BCUT2D eigenvalue weighted by Gasteiger charge is -2.09. The van der Waals surface area contributed by atoms with Crippen molar-refractivity contribution < 1.29 is 17.9 Å². The van der Waals surface area contributed by atoms with Gasteiger partial charge in [-0.2, -0.15) is 0 Å². The van der Waals surface area contributed by atoms with Crippen LogP contribution >= 0.6 is 23.2 Å². The zero-order chi connectivity index (χ0) is 17.7. The first kappa shape index (κ1) is 18.5. The van der Waals surface area contributed by atoms with Crippen LogP contribution in [0.4, 0.5) is 5.69 Å². The number of carbonyl (C=O) groups is 1. The Morgan fingerprint density at radius 1 is 1.12 bits per heavy atom. The Morgan fingerprint density at radius 3 is 2.54 bits per heavy atom. The Balaban J connectivity index is 2.00. The lowest BCUT2D eigenvalue weighted by molar-refractivity contribution is -0.115. The van der Waals surface area contributed by atoms with E-state index in [0.717, 1.165) is 0 Å². The van der Waals surface area contributed by atoms with Crippen molar-refractivity contribution in [1.29, 1.82) is 0 Å². The molecule has 0 aliphatic carbocycles. The summed E-state index contributed by atoms with van der Waals surface area (Å²) in [6.45, 7) is -0.431. The summed E-state index contributed by atoms with van der Waals surface area (Å²) < 4.78 is 31.5. The number of halogens is 2. The topological polar surface area (TPSA) is 84.5 Å². The molecule has 0 saturated carbocycles. The summed E-state index contributed by atoms with van der Waals surface area (Å²) in [6.07, 6.45) is 0. The van der Waals surface area contributed by atoms with Gasteiger partial charge >= 0.3 is 0 Å². The Bertz CT molecular complexity index is 856. The number of hydrogen-bond acceptors (Lipinski definition) is 4. The molecule has 0 unspecified atom stereocenters. The van der Waals surface area contributed by atoms with Crippen LogP contribution in [0.5, 0.6) is 5.75 Å². The first-order valence-corrected chi connectivity index (χ1v) is 8.94. The standard InChI is InChI=1S/C15H14Cl2N2O4S/c1-23-11-4-2-3-10(7-11)19-15(20)9-18-24(21,22)12-5-6-13(16)14(17)8-12/h2-8,18H,9H2,1H3,(H,19,20). The minimum Gasteiger partial charge on any atom is -0.497 e. The Kier molecular flexibility index (Phi) is 6.06. The third-order valence-corrected chi connectivity index (χ3v) is 5.12. The van der Waals surface area contributed by atoms with E-state index >= 15 is 0 Å². The molecule has 0 radical (unpaired) electrons. The molecular weight excluding hydrogens is 375 g/mol. The van der Waals surface area contributed by atoms with Crippen LogP contribution < -0.4 is 14.8 Å². The van der Waals surface area contributed by atoms with Gasteiger partial charge in [0.15, 0.2) is 0 Å². The molecule has 0 aliphatic heterocycles. The van der Waals surface area contributed by atoms with E-state index in [1.807, 2.05) is 0 Å². The van der Waals surface area contributed by atoms with E-state index < -0.39 is 22.5 Å². The highest BCUT2D eigenvalue weighted by Gasteiger charge is 2.17. The summed E-state index contributed by atoms with van der Waals surface area (Å²) in [7, 11) is -2.37. The van der Waals surface area contributed by atoms with Crippen molar-refractivity contribution in [1.82, 2.24) is 4.72 Å². The Hall–Kier alpha value is -1.80. The number of sulfonamides is 1. The zero-order valence-electron chi connectivity index (χ0n) is 12.5. The zero-order valence-corrected chi connectivity index (χ0v) is 14.9. The molecule has 9 heteroatoms. The van der Waals surface area contributed by atoms with Gasteiger partial charge in [-0.05, 0) is 30.3 Å². The van der Waals surface area contributed by atoms with Gasteiger partial charge in [0.05, 0.1) is 28.6 Å². The van der Waals surface area contributed by atoms with Crippen molar-refractivity contribution in [2.45, 2.75) is 4.90 Å². The van der Waals surface area contributed by atoms with Crippen molar-refractivity contribution in [2.75, 3.05) is 19.0 Å². The summed E-state index contributed by atoms with van der Waals surface area (Å²) in [6, 6.07) is 10.6. The van der Waals surface area contributed by atoms with Crippen LogP contribution in [0.1, 0.15) is 0 Å². The number of methoxy groups -OCH3 is 1. The van der Waals surface area contributed by atoms with Crippen LogP contribution in [0.2, 0.25) is 10.0 Å². The fraction of sp³-hybridized carbons (Fsp3) is 0.133. The maximum Gasteiger partial charge on any atom is 0.241 e. The van der Waals surface area contributed by atoms with E-state index in [1.54, 1.807) is 24.3 Å². The smallest absolute Gasteiger partial charge is 0.241 e. The van der Waals surface area contributed by atoms with Crippen molar-refractivity contribution in [3.8, 4) is 5.75 Å². The Labute approximate surface area is 149 Å². The minimum absolute atomic E-state index is 0.0777. The van der Waals surface area contributed by atoms with Crippen molar-refractivity contribution in [2.24, 2.45) is 0 Å². The van der Waals surface area contributed by atoms with E-state index in [0.29, 0.717) is 11.4 Å². The van der Waals surface area contributed by atoms with Crippen LogP contribution in [-0.2, 0) is 14.8 Å². The second-order valence-corrected chi connectivity index (χ2v) is 7.26. The van der Waals surface area contributed by atoms with Crippen LogP contribution in [-0.4, -0.2) is 28.0 Å². The summed E-state index contributed by atoms with van der Waals surface area (Å²) in [5, 5.41) is 2.92. The average molecular weight is 389 g/mol. The molecule has 128 valence electrons. The lowest BCUT2D eigenvalue weighted by Crippen LogP contribution is -2.32. The predicted molar refractivity (Wildman–Crippen MR) is 93.3 cm³/mol. The third kappa shape index (κ3) is 4.85. The van der Waals surface area contributed by atoms with Crippen LogP contribution in [0.25, 0.3) is 0 Å². The molecule has 0 aromatic heterocycles. The fourth-order valence-corrected chi connectivity index (χ4v) is 3.16. The molecule has 2 aromatic carbocycles. The fourth-order valence-electron chi connectivity index (χ4n) is 1.79. The lowest BCUT2D eigenvalue weighted by atomic mass is 10.3. The summed E-state index contributed by atoms with van der Waals surface area (Å²) in [5.74, 6) is 0.0519. The summed E-state index contributed by atoms with van der Waals surface area (Å²) in [4.78, 5) is 11.8. The predicted octanol–water partition coefficient (Wildman–Crippen LogP) is 2.92. The van der Waals surface area contributed by atoms with Gasteiger partial charge < -0.3 is 10.1 Å². The van der Waals surface area contributed by atoms with E-state index in [9.17, 15) is 13.2 Å². The van der Waals surface area contributed by atoms with Gasteiger partial charge in [0.2, 0.25) is 15.9 Å². The van der Waals surface area contributed by atoms with E-state index in [4.69, 9.17) is 27.9 Å². The molecule has 1 amide bonds. The molecule has 0 saturated heterocycles. The third-order valence-electron chi connectivity index (χ3n) is 2.98.